The first-order chi connectivity index (χ1) is 11.6. The number of ether oxygens (including phenoxy) is 2. The Morgan fingerprint density at radius 1 is 1.32 bits per heavy atom. The van der Waals surface area contributed by atoms with Crippen molar-refractivity contribution in [3.63, 3.8) is 0 Å². The fraction of sp³-hybridized carbons (Fsp3) is 0.550. The smallest absolute Gasteiger partial charge is 0.334 e. The monoisotopic (exact) mass is 344 g/mol. The van der Waals surface area contributed by atoms with Gasteiger partial charge in [-0.15, -0.1) is 0 Å². The van der Waals surface area contributed by atoms with E-state index in [0.29, 0.717) is 24.8 Å². The minimum absolute atomic E-state index is 0.114. The molecule has 0 aromatic heterocycles. The molecule has 0 bridgehead atoms. The normalized spacial score (nSPS) is 34.2. The molecule has 2 aliphatic carbocycles. The molecule has 0 spiro atoms. The number of esters is 2. The van der Waals surface area contributed by atoms with E-state index in [-0.39, 0.29) is 5.78 Å². The van der Waals surface area contributed by atoms with Gasteiger partial charge in [0.15, 0.2) is 0 Å². The van der Waals surface area contributed by atoms with E-state index in [1.54, 1.807) is 0 Å². The molecule has 134 valence electrons. The molecule has 2 fully saturated rings. The van der Waals surface area contributed by atoms with E-state index >= 15 is 0 Å². The second-order valence-electron chi connectivity index (χ2n) is 7.73. The highest BCUT2D eigenvalue weighted by molar-refractivity contribution is 5.95. The van der Waals surface area contributed by atoms with Gasteiger partial charge in [-0.25, -0.2) is 9.59 Å². The van der Waals surface area contributed by atoms with Crippen LogP contribution in [0, 0.1) is 11.3 Å². The Bertz CT molecular complexity index is 737. The van der Waals surface area contributed by atoms with Crippen LogP contribution in [0.2, 0.25) is 0 Å². The molecule has 1 aliphatic heterocycles. The van der Waals surface area contributed by atoms with Gasteiger partial charge in [-0.3, -0.25) is 4.79 Å². The summed E-state index contributed by atoms with van der Waals surface area (Å²) in [7, 11) is 0. The van der Waals surface area contributed by atoms with Crippen molar-refractivity contribution in [1.29, 1.82) is 0 Å². The number of carbonyl (C=O) groups excluding carboxylic acids is 3. The molecule has 5 heteroatoms. The van der Waals surface area contributed by atoms with Gasteiger partial charge in [0, 0.05) is 24.5 Å². The van der Waals surface area contributed by atoms with Crippen molar-refractivity contribution >= 4 is 17.7 Å². The third-order valence-electron chi connectivity index (χ3n) is 5.59. The number of carbonyl (C=O) groups is 3. The Hall–Kier alpha value is -2.17. The maximum Gasteiger partial charge on any atom is 0.334 e. The maximum atomic E-state index is 12.7. The lowest BCUT2D eigenvalue weighted by Gasteiger charge is -2.47. The Morgan fingerprint density at radius 3 is 2.64 bits per heavy atom. The van der Waals surface area contributed by atoms with Crippen molar-refractivity contribution in [2.24, 2.45) is 11.3 Å². The average molecular weight is 344 g/mol. The zero-order chi connectivity index (χ0) is 18.5. The molecule has 0 amide bonds. The summed E-state index contributed by atoms with van der Waals surface area (Å²) in [5.41, 5.74) is 2.36. The highest BCUT2D eigenvalue weighted by Crippen LogP contribution is 2.54. The Morgan fingerprint density at radius 2 is 2.00 bits per heavy atom. The Balaban J connectivity index is 2.03. The third kappa shape index (κ3) is 2.75. The molecule has 0 unspecified atom stereocenters. The molecule has 4 atom stereocenters. The number of Topliss-reactive ketones (excluding diaryl/α,β-unsaturated/α-hetero) is 1. The predicted molar refractivity (Wildman–Crippen MR) is 91.5 cm³/mol. The second-order valence-corrected chi connectivity index (χ2v) is 7.73. The number of hydrogen-bond acceptors (Lipinski definition) is 5. The van der Waals surface area contributed by atoms with Crippen LogP contribution in [-0.2, 0) is 23.9 Å². The summed E-state index contributed by atoms with van der Waals surface area (Å²) < 4.78 is 11.2. The number of hydrogen-bond donors (Lipinski definition) is 0. The summed E-state index contributed by atoms with van der Waals surface area (Å²) in [6.07, 6.45) is 1.75. The second kappa shape index (κ2) is 5.97. The largest absolute Gasteiger partial charge is 0.458 e. The number of allylic oxidation sites excluding steroid dienone is 2. The molecule has 0 aromatic carbocycles. The highest BCUT2D eigenvalue weighted by Gasteiger charge is 2.59. The lowest BCUT2D eigenvalue weighted by Crippen LogP contribution is -2.51. The molecular formula is C20H24O5. The Kier molecular flexibility index (Phi) is 4.21. The number of ketones is 1. The number of fused-ring (bicyclic) bond motifs is 3. The minimum atomic E-state index is -0.760. The van der Waals surface area contributed by atoms with E-state index in [4.69, 9.17) is 9.47 Å². The van der Waals surface area contributed by atoms with Crippen molar-refractivity contribution in [2.75, 3.05) is 0 Å². The zero-order valence-electron chi connectivity index (χ0n) is 15.2. The van der Waals surface area contributed by atoms with Gasteiger partial charge in [-0.05, 0) is 39.7 Å². The SMILES string of the molecule is C=C1C(=O)O[C@H]2C3=C(C)CCC(=O)[C@]3(C)C[C@H](OC(=O)C=C(C)C)[C@@H]12. The van der Waals surface area contributed by atoms with E-state index in [2.05, 4.69) is 6.58 Å². The first-order valence-electron chi connectivity index (χ1n) is 8.64. The van der Waals surface area contributed by atoms with Gasteiger partial charge in [0.05, 0.1) is 11.3 Å². The summed E-state index contributed by atoms with van der Waals surface area (Å²) in [6, 6.07) is 0. The molecule has 1 saturated carbocycles. The van der Waals surface area contributed by atoms with E-state index < -0.39 is 35.5 Å². The zero-order valence-corrected chi connectivity index (χ0v) is 15.2. The van der Waals surface area contributed by atoms with Crippen molar-refractivity contribution in [3.05, 3.63) is 34.9 Å². The molecular weight excluding hydrogens is 320 g/mol. The van der Waals surface area contributed by atoms with Crippen LogP contribution in [0.4, 0.5) is 0 Å². The fourth-order valence-electron chi connectivity index (χ4n) is 4.42. The standard InChI is InChI=1S/C20H24O5/c1-10(2)8-15(22)24-13-9-20(5)14(21)7-6-11(3)17(20)18-16(13)12(4)19(23)25-18/h8,13,16,18H,4,6-7,9H2,1-3,5H3/t13-,16+,18+,20-/m0/s1. The van der Waals surface area contributed by atoms with Crippen molar-refractivity contribution in [2.45, 2.75) is 59.2 Å². The number of rotatable bonds is 2. The molecule has 5 nitrogen and oxygen atoms in total. The lowest BCUT2D eigenvalue weighted by atomic mass is 9.58. The summed E-state index contributed by atoms with van der Waals surface area (Å²) in [5.74, 6) is -1.25. The van der Waals surface area contributed by atoms with E-state index in [1.165, 1.54) is 6.08 Å². The topological polar surface area (TPSA) is 69.7 Å². The summed E-state index contributed by atoms with van der Waals surface area (Å²) in [5, 5.41) is 0. The van der Waals surface area contributed by atoms with Gasteiger partial charge in [0.1, 0.15) is 18.0 Å². The van der Waals surface area contributed by atoms with Crippen molar-refractivity contribution in [3.8, 4) is 0 Å². The molecule has 3 rings (SSSR count). The summed E-state index contributed by atoms with van der Waals surface area (Å²) in [6.45, 7) is 11.3. The van der Waals surface area contributed by atoms with Crippen molar-refractivity contribution in [1.82, 2.24) is 0 Å². The lowest BCUT2D eigenvalue weighted by molar-refractivity contribution is -0.154. The van der Waals surface area contributed by atoms with Crippen LogP contribution in [0.3, 0.4) is 0 Å². The molecule has 0 radical (unpaired) electrons. The maximum absolute atomic E-state index is 12.7. The average Bonchev–Trinajstić information content (AvgIpc) is 2.78. The molecule has 0 aromatic rings. The van der Waals surface area contributed by atoms with Gasteiger partial charge in [-0.2, -0.15) is 0 Å². The van der Waals surface area contributed by atoms with Crippen LogP contribution in [0.1, 0.15) is 47.0 Å². The fourth-order valence-corrected chi connectivity index (χ4v) is 4.42. The van der Waals surface area contributed by atoms with Crippen LogP contribution in [-0.4, -0.2) is 29.9 Å². The molecule has 0 N–H and O–H groups in total. The minimum Gasteiger partial charge on any atom is -0.458 e. The van der Waals surface area contributed by atoms with Gasteiger partial charge in [0.25, 0.3) is 0 Å². The van der Waals surface area contributed by atoms with E-state index in [0.717, 1.165) is 16.7 Å². The van der Waals surface area contributed by atoms with E-state index in [9.17, 15) is 14.4 Å². The first kappa shape index (κ1) is 17.6. The molecule has 3 aliphatic rings. The molecule has 1 heterocycles. The van der Waals surface area contributed by atoms with Crippen LogP contribution >= 0.6 is 0 Å². The first-order valence-corrected chi connectivity index (χ1v) is 8.64. The van der Waals surface area contributed by atoms with Crippen LogP contribution < -0.4 is 0 Å². The van der Waals surface area contributed by atoms with Gasteiger partial charge >= 0.3 is 11.9 Å². The van der Waals surface area contributed by atoms with Crippen LogP contribution in [0.5, 0.6) is 0 Å². The predicted octanol–water partition coefficient (Wildman–Crippen LogP) is 3.05. The van der Waals surface area contributed by atoms with Gasteiger partial charge in [0.2, 0.25) is 0 Å². The highest BCUT2D eigenvalue weighted by atomic mass is 16.6. The van der Waals surface area contributed by atoms with Crippen LogP contribution in [0.25, 0.3) is 0 Å². The third-order valence-corrected chi connectivity index (χ3v) is 5.59. The summed E-state index contributed by atoms with van der Waals surface area (Å²) in [4.78, 5) is 37.0. The van der Waals surface area contributed by atoms with E-state index in [1.807, 2.05) is 27.7 Å². The Labute approximate surface area is 147 Å². The quantitative estimate of drug-likeness (QED) is 0.437. The molecule has 1 saturated heterocycles. The summed E-state index contributed by atoms with van der Waals surface area (Å²) >= 11 is 0. The van der Waals surface area contributed by atoms with Gasteiger partial charge < -0.3 is 9.47 Å². The van der Waals surface area contributed by atoms with Crippen LogP contribution in [0.15, 0.2) is 34.9 Å². The van der Waals surface area contributed by atoms with Gasteiger partial charge in [-0.1, -0.05) is 17.7 Å². The molecule has 25 heavy (non-hydrogen) atoms. The van der Waals surface area contributed by atoms with Crippen molar-refractivity contribution < 1.29 is 23.9 Å².